The number of aromatic carboxylic acids is 1. The number of carboxylic acid groups (broad SMARTS) is 1. The maximum Gasteiger partial charge on any atom is 0.335 e. The molecule has 0 radical (unpaired) electrons. The van der Waals surface area contributed by atoms with Gasteiger partial charge in [-0.2, -0.15) is 0 Å². The Balaban J connectivity index is 1.79. The highest BCUT2D eigenvalue weighted by molar-refractivity contribution is 6.32. The van der Waals surface area contributed by atoms with Crippen LogP contribution in [0.4, 0.5) is 5.69 Å². The highest BCUT2D eigenvalue weighted by Gasteiger charge is 2.12. The van der Waals surface area contributed by atoms with Crippen molar-refractivity contribution in [3.05, 3.63) is 86.9 Å². The standard InChI is InChI=1S/C23H19Cl2NO4/c1-14-3-8-18(24)11-20(14)26-12-16-9-19(25)22(21(10-16)29-2)30-13-15-4-6-17(7-5-15)23(27)28/h3-12H,13H2,1-2H3,(H,27,28). The molecule has 0 atom stereocenters. The van der Waals surface area contributed by atoms with E-state index in [1.807, 2.05) is 19.1 Å². The Bertz CT molecular complexity index is 1100. The lowest BCUT2D eigenvalue weighted by Gasteiger charge is -2.13. The highest BCUT2D eigenvalue weighted by Crippen LogP contribution is 2.37. The van der Waals surface area contributed by atoms with Crippen LogP contribution < -0.4 is 9.47 Å². The van der Waals surface area contributed by atoms with Gasteiger partial charge in [-0.05, 0) is 60.0 Å². The predicted molar refractivity (Wildman–Crippen MR) is 119 cm³/mol. The minimum Gasteiger partial charge on any atom is -0.493 e. The molecule has 3 rings (SSSR count). The molecule has 0 amide bonds. The van der Waals surface area contributed by atoms with Gasteiger partial charge in [-0.3, -0.25) is 4.99 Å². The molecule has 0 aliphatic carbocycles. The van der Waals surface area contributed by atoms with Crippen molar-refractivity contribution in [2.75, 3.05) is 7.11 Å². The maximum absolute atomic E-state index is 10.9. The Morgan fingerprint density at radius 1 is 1.10 bits per heavy atom. The normalized spacial score (nSPS) is 10.9. The first-order valence-electron chi connectivity index (χ1n) is 9.00. The fourth-order valence-corrected chi connectivity index (χ4v) is 3.16. The Morgan fingerprint density at radius 2 is 1.83 bits per heavy atom. The van der Waals surface area contributed by atoms with Gasteiger partial charge in [0.2, 0.25) is 0 Å². The van der Waals surface area contributed by atoms with Crippen molar-refractivity contribution in [2.45, 2.75) is 13.5 Å². The number of aliphatic imine (C=N–C) groups is 1. The van der Waals surface area contributed by atoms with Crippen molar-refractivity contribution in [3.63, 3.8) is 0 Å². The number of halogens is 2. The van der Waals surface area contributed by atoms with Crippen LogP contribution in [-0.4, -0.2) is 24.4 Å². The molecule has 0 aliphatic heterocycles. The van der Waals surface area contributed by atoms with Crippen LogP contribution in [0.25, 0.3) is 0 Å². The third-order valence-corrected chi connectivity index (χ3v) is 4.88. The van der Waals surface area contributed by atoms with Crippen LogP contribution in [0.1, 0.15) is 27.0 Å². The fourth-order valence-electron chi connectivity index (χ4n) is 2.72. The summed E-state index contributed by atoms with van der Waals surface area (Å²) in [5.74, 6) is -0.108. The number of ether oxygens (including phenoxy) is 2. The first-order chi connectivity index (χ1) is 14.4. The lowest BCUT2D eigenvalue weighted by Crippen LogP contribution is -2.01. The van der Waals surface area contributed by atoms with E-state index in [2.05, 4.69) is 4.99 Å². The third-order valence-electron chi connectivity index (χ3n) is 4.36. The van der Waals surface area contributed by atoms with Gasteiger partial charge in [-0.1, -0.05) is 41.4 Å². The molecule has 7 heteroatoms. The smallest absolute Gasteiger partial charge is 0.335 e. The number of methoxy groups -OCH3 is 1. The van der Waals surface area contributed by atoms with Crippen molar-refractivity contribution in [2.24, 2.45) is 4.99 Å². The van der Waals surface area contributed by atoms with Gasteiger partial charge in [0, 0.05) is 11.2 Å². The van der Waals surface area contributed by atoms with Crippen molar-refractivity contribution in [3.8, 4) is 11.5 Å². The van der Waals surface area contributed by atoms with Gasteiger partial charge < -0.3 is 14.6 Å². The quantitative estimate of drug-likeness (QED) is 0.432. The van der Waals surface area contributed by atoms with Crippen molar-refractivity contribution < 1.29 is 19.4 Å². The van der Waals surface area contributed by atoms with Crippen LogP contribution in [-0.2, 0) is 6.61 Å². The van der Waals surface area contributed by atoms with Crippen molar-refractivity contribution in [1.82, 2.24) is 0 Å². The second-order valence-electron chi connectivity index (χ2n) is 6.51. The van der Waals surface area contributed by atoms with E-state index in [4.69, 9.17) is 37.8 Å². The van der Waals surface area contributed by atoms with E-state index in [0.717, 1.165) is 22.4 Å². The number of hydrogen-bond acceptors (Lipinski definition) is 4. The average Bonchev–Trinajstić information content (AvgIpc) is 2.73. The topological polar surface area (TPSA) is 68.1 Å². The molecule has 154 valence electrons. The number of rotatable bonds is 7. The van der Waals surface area contributed by atoms with Gasteiger partial charge in [0.25, 0.3) is 0 Å². The Labute approximate surface area is 184 Å². The van der Waals surface area contributed by atoms with E-state index in [9.17, 15) is 4.79 Å². The van der Waals surface area contributed by atoms with E-state index in [-0.39, 0.29) is 12.2 Å². The van der Waals surface area contributed by atoms with Crippen LogP contribution in [0.3, 0.4) is 0 Å². The summed E-state index contributed by atoms with van der Waals surface area (Å²) in [6.45, 7) is 2.17. The molecule has 0 bridgehead atoms. The molecule has 3 aromatic carbocycles. The molecule has 0 heterocycles. The molecule has 0 aliphatic rings. The summed E-state index contributed by atoms with van der Waals surface area (Å²) in [6.07, 6.45) is 1.68. The molecule has 0 aromatic heterocycles. The first kappa shape index (κ1) is 21.7. The molecule has 30 heavy (non-hydrogen) atoms. The van der Waals surface area contributed by atoms with E-state index >= 15 is 0 Å². The summed E-state index contributed by atoms with van der Waals surface area (Å²) in [5, 5.41) is 9.97. The van der Waals surface area contributed by atoms with Crippen molar-refractivity contribution in [1.29, 1.82) is 0 Å². The second kappa shape index (κ2) is 9.65. The summed E-state index contributed by atoms with van der Waals surface area (Å²) in [6, 6.07) is 15.5. The molecule has 0 spiro atoms. The number of aryl methyl sites for hydroxylation is 1. The third kappa shape index (κ3) is 5.32. The van der Waals surface area contributed by atoms with E-state index in [1.165, 1.54) is 19.2 Å². The van der Waals surface area contributed by atoms with Crippen molar-refractivity contribution >= 4 is 41.1 Å². The molecular weight excluding hydrogens is 425 g/mol. The van der Waals surface area contributed by atoms with Gasteiger partial charge >= 0.3 is 5.97 Å². The number of benzene rings is 3. The first-order valence-corrected chi connectivity index (χ1v) is 9.75. The van der Waals surface area contributed by atoms with Crippen LogP contribution in [0, 0.1) is 6.92 Å². The largest absolute Gasteiger partial charge is 0.493 e. The lowest BCUT2D eigenvalue weighted by molar-refractivity contribution is 0.0697. The molecule has 0 unspecified atom stereocenters. The Kier molecular flexibility index (Phi) is 6.98. The van der Waals surface area contributed by atoms with Gasteiger partial charge in [0.1, 0.15) is 6.61 Å². The minimum atomic E-state index is -0.975. The predicted octanol–water partition coefficient (Wildman–Crippen LogP) is 6.34. The number of carboxylic acids is 1. The summed E-state index contributed by atoms with van der Waals surface area (Å²) in [5.41, 5.74) is 3.54. The van der Waals surface area contributed by atoms with Gasteiger partial charge in [-0.25, -0.2) is 4.79 Å². The molecule has 0 saturated carbocycles. The molecule has 3 aromatic rings. The number of carbonyl (C=O) groups is 1. The van der Waals surface area contributed by atoms with Crippen LogP contribution in [0.5, 0.6) is 11.5 Å². The summed E-state index contributed by atoms with van der Waals surface area (Å²) < 4.78 is 11.3. The molecular formula is C23H19Cl2NO4. The fraction of sp³-hybridized carbons (Fsp3) is 0.130. The zero-order chi connectivity index (χ0) is 21.7. The van der Waals surface area contributed by atoms with E-state index in [0.29, 0.717) is 21.5 Å². The second-order valence-corrected chi connectivity index (χ2v) is 7.36. The zero-order valence-corrected chi connectivity index (χ0v) is 17.9. The van der Waals surface area contributed by atoms with Gasteiger partial charge in [-0.15, -0.1) is 0 Å². The zero-order valence-electron chi connectivity index (χ0n) is 16.4. The minimum absolute atomic E-state index is 0.213. The van der Waals surface area contributed by atoms with Gasteiger partial charge in [0.05, 0.1) is 23.4 Å². The highest BCUT2D eigenvalue weighted by atomic mass is 35.5. The summed E-state index contributed by atoms with van der Waals surface area (Å²) in [7, 11) is 1.53. The Morgan fingerprint density at radius 3 is 2.50 bits per heavy atom. The van der Waals surface area contributed by atoms with E-state index in [1.54, 1.807) is 36.5 Å². The SMILES string of the molecule is COc1cc(C=Nc2cc(Cl)ccc2C)cc(Cl)c1OCc1ccc(C(=O)O)cc1. The molecule has 1 N–H and O–H groups in total. The monoisotopic (exact) mass is 443 g/mol. The maximum atomic E-state index is 10.9. The molecule has 0 saturated heterocycles. The lowest BCUT2D eigenvalue weighted by atomic mass is 10.1. The van der Waals surface area contributed by atoms with Crippen LogP contribution >= 0.6 is 23.2 Å². The molecule has 5 nitrogen and oxygen atoms in total. The van der Waals surface area contributed by atoms with Gasteiger partial charge in [0.15, 0.2) is 11.5 Å². The van der Waals surface area contributed by atoms with Crippen LogP contribution in [0.15, 0.2) is 59.6 Å². The van der Waals surface area contributed by atoms with E-state index < -0.39 is 5.97 Å². The summed E-state index contributed by atoms with van der Waals surface area (Å²) >= 11 is 12.5. The van der Waals surface area contributed by atoms with Crippen LogP contribution in [0.2, 0.25) is 10.0 Å². The molecule has 0 fully saturated rings. The number of hydrogen-bond donors (Lipinski definition) is 1. The Hall–Kier alpha value is -3.02. The average molecular weight is 444 g/mol. The number of nitrogens with zero attached hydrogens (tertiary/aromatic N) is 1. The summed E-state index contributed by atoms with van der Waals surface area (Å²) in [4.78, 5) is 15.4.